The summed E-state index contributed by atoms with van der Waals surface area (Å²) in [7, 11) is 0. The van der Waals surface area contributed by atoms with Crippen LogP contribution in [0.2, 0.25) is 0 Å². The number of hydrogen-bond donors (Lipinski definition) is 1. The standard InChI is InChI=1S/C15H19N3/c1-4-6-16-14-5-7-17-15(18-14)13-9-11(2)8-12(3)10-13/h5,7-10H,4,6H2,1-3H3,(H,16,17,18). The van der Waals surface area contributed by atoms with Crippen LogP contribution in [0.15, 0.2) is 30.5 Å². The highest BCUT2D eigenvalue weighted by molar-refractivity contribution is 5.59. The summed E-state index contributed by atoms with van der Waals surface area (Å²) in [6.45, 7) is 7.26. The molecule has 0 aliphatic rings. The lowest BCUT2D eigenvalue weighted by Crippen LogP contribution is -2.03. The molecule has 0 spiro atoms. The Morgan fingerprint density at radius 1 is 1.11 bits per heavy atom. The first-order valence-corrected chi connectivity index (χ1v) is 6.34. The minimum Gasteiger partial charge on any atom is -0.370 e. The number of nitrogens with zero attached hydrogens (tertiary/aromatic N) is 2. The molecule has 0 saturated heterocycles. The van der Waals surface area contributed by atoms with Crippen molar-refractivity contribution in [1.82, 2.24) is 9.97 Å². The molecule has 1 aromatic carbocycles. The van der Waals surface area contributed by atoms with E-state index in [0.717, 1.165) is 30.2 Å². The van der Waals surface area contributed by atoms with Gasteiger partial charge in [-0.05, 0) is 38.5 Å². The summed E-state index contributed by atoms with van der Waals surface area (Å²) in [5.74, 6) is 1.67. The van der Waals surface area contributed by atoms with Crippen LogP contribution >= 0.6 is 0 Å². The third kappa shape index (κ3) is 3.06. The maximum absolute atomic E-state index is 4.54. The topological polar surface area (TPSA) is 37.8 Å². The van der Waals surface area contributed by atoms with Crippen LogP contribution in [0.5, 0.6) is 0 Å². The maximum atomic E-state index is 4.54. The first-order chi connectivity index (χ1) is 8.69. The number of hydrogen-bond acceptors (Lipinski definition) is 3. The van der Waals surface area contributed by atoms with Crippen molar-refractivity contribution in [2.24, 2.45) is 0 Å². The van der Waals surface area contributed by atoms with E-state index in [1.54, 1.807) is 6.20 Å². The number of aromatic nitrogens is 2. The van der Waals surface area contributed by atoms with Gasteiger partial charge in [-0.15, -0.1) is 0 Å². The molecule has 0 saturated carbocycles. The monoisotopic (exact) mass is 241 g/mol. The van der Waals surface area contributed by atoms with Gasteiger partial charge in [-0.25, -0.2) is 9.97 Å². The summed E-state index contributed by atoms with van der Waals surface area (Å²) in [5, 5.41) is 3.28. The van der Waals surface area contributed by atoms with E-state index in [2.05, 4.69) is 54.3 Å². The van der Waals surface area contributed by atoms with Gasteiger partial charge in [0.05, 0.1) is 0 Å². The Morgan fingerprint density at radius 2 is 1.83 bits per heavy atom. The van der Waals surface area contributed by atoms with E-state index in [4.69, 9.17) is 0 Å². The third-order valence-electron chi connectivity index (χ3n) is 2.69. The molecule has 0 bridgehead atoms. The van der Waals surface area contributed by atoms with Crippen LogP contribution in [0.4, 0.5) is 5.82 Å². The number of anilines is 1. The van der Waals surface area contributed by atoms with Crippen LogP contribution in [0, 0.1) is 13.8 Å². The van der Waals surface area contributed by atoms with Crippen LogP contribution < -0.4 is 5.32 Å². The van der Waals surface area contributed by atoms with Crippen molar-refractivity contribution in [2.45, 2.75) is 27.2 Å². The van der Waals surface area contributed by atoms with E-state index in [1.165, 1.54) is 11.1 Å². The minimum atomic E-state index is 0.780. The lowest BCUT2D eigenvalue weighted by atomic mass is 10.1. The first kappa shape index (κ1) is 12.6. The predicted molar refractivity (Wildman–Crippen MR) is 75.7 cm³/mol. The Hall–Kier alpha value is -1.90. The summed E-state index contributed by atoms with van der Waals surface area (Å²) in [4.78, 5) is 8.89. The molecule has 0 aliphatic carbocycles. The van der Waals surface area contributed by atoms with Crippen LogP contribution in [0.1, 0.15) is 24.5 Å². The van der Waals surface area contributed by atoms with Crippen molar-refractivity contribution >= 4 is 5.82 Å². The summed E-state index contributed by atoms with van der Waals surface area (Å²) < 4.78 is 0. The summed E-state index contributed by atoms with van der Waals surface area (Å²) >= 11 is 0. The molecular formula is C15H19N3. The van der Waals surface area contributed by atoms with Gasteiger partial charge in [0.25, 0.3) is 0 Å². The Labute approximate surface area is 108 Å². The molecule has 0 radical (unpaired) electrons. The van der Waals surface area contributed by atoms with Crippen molar-refractivity contribution in [3.63, 3.8) is 0 Å². The van der Waals surface area contributed by atoms with Crippen molar-refractivity contribution in [3.05, 3.63) is 41.6 Å². The van der Waals surface area contributed by atoms with Crippen molar-refractivity contribution < 1.29 is 0 Å². The lowest BCUT2D eigenvalue weighted by molar-refractivity contribution is 0.966. The van der Waals surface area contributed by atoms with Gasteiger partial charge in [0.15, 0.2) is 5.82 Å². The molecule has 0 fully saturated rings. The molecule has 0 amide bonds. The number of aryl methyl sites for hydroxylation is 2. The SMILES string of the molecule is CCCNc1ccnc(-c2cc(C)cc(C)c2)n1. The molecule has 3 nitrogen and oxygen atoms in total. The average molecular weight is 241 g/mol. The number of rotatable bonds is 4. The molecule has 0 unspecified atom stereocenters. The van der Waals surface area contributed by atoms with Crippen molar-refractivity contribution in [1.29, 1.82) is 0 Å². The fourth-order valence-corrected chi connectivity index (χ4v) is 1.95. The summed E-state index contributed by atoms with van der Waals surface area (Å²) in [6, 6.07) is 8.29. The zero-order valence-corrected chi connectivity index (χ0v) is 11.2. The Balaban J connectivity index is 2.32. The fraction of sp³-hybridized carbons (Fsp3) is 0.333. The van der Waals surface area contributed by atoms with Crippen LogP contribution in [-0.4, -0.2) is 16.5 Å². The second-order valence-electron chi connectivity index (χ2n) is 4.57. The van der Waals surface area contributed by atoms with Gasteiger partial charge in [0.2, 0.25) is 0 Å². The van der Waals surface area contributed by atoms with Gasteiger partial charge in [-0.3, -0.25) is 0 Å². The van der Waals surface area contributed by atoms with Gasteiger partial charge >= 0.3 is 0 Å². The van der Waals surface area contributed by atoms with Crippen molar-refractivity contribution in [2.75, 3.05) is 11.9 Å². The minimum absolute atomic E-state index is 0.780. The molecule has 1 aromatic heterocycles. The zero-order valence-electron chi connectivity index (χ0n) is 11.2. The Bertz CT molecular complexity index is 515. The molecule has 3 heteroatoms. The zero-order chi connectivity index (χ0) is 13.0. The van der Waals surface area contributed by atoms with Crippen molar-refractivity contribution in [3.8, 4) is 11.4 Å². The highest BCUT2D eigenvalue weighted by Crippen LogP contribution is 2.19. The second-order valence-corrected chi connectivity index (χ2v) is 4.57. The Morgan fingerprint density at radius 3 is 2.50 bits per heavy atom. The fourth-order valence-electron chi connectivity index (χ4n) is 1.95. The molecule has 18 heavy (non-hydrogen) atoms. The third-order valence-corrected chi connectivity index (χ3v) is 2.69. The molecular weight excluding hydrogens is 222 g/mol. The maximum Gasteiger partial charge on any atom is 0.161 e. The van der Waals surface area contributed by atoms with E-state index in [0.29, 0.717) is 0 Å². The smallest absolute Gasteiger partial charge is 0.161 e. The lowest BCUT2D eigenvalue weighted by Gasteiger charge is -2.07. The van der Waals surface area contributed by atoms with Gasteiger partial charge in [0.1, 0.15) is 5.82 Å². The quantitative estimate of drug-likeness (QED) is 0.889. The largest absolute Gasteiger partial charge is 0.370 e. The van der Waals surface area contributed by atoms with Crippen LogP contribution in [0.25, 0.3) is 11.4 Å². The molecule has 2 aromatic rings. The molecule has 1 N–H and O–H groups in total. The van der Waals surface area contributed by atoms with Gasteiger partial charge in [0, 0.05) is 18.3 Å². The van der Waals surface area contributed by atoms with E-state index in [1.807, 2.05) is 6.07 Å². The number of nitrogens with one attached hydrogen (secondary N) is 1. The van der Waals surface area contributed by atoms with E-state index in [-0.39, 0.29) is 0 Å². The molecule has 0 aliphatic heterocycles. The Kier molecular flexibility index (Phi) is 3.92. The van der Waals surface area contributed by atoms with Crippen LogP contribution in [0.3, 0.4) is 0 Å². The van der Waals surface area contributed by atoms with Gasteiger partial charge < -0.3 is 5.32 Å². The molecule has 2 rings (SSSR count). The highest BCUT2D eigenvalue weighted by Gasteiger charge is 2.03. The van der Waals surface area contributed by atoms with Crippen LogP contribution in [-0.2, 0) is 0 Å². The normalized spacial score (nSPS) is 10.4. The first-order valence-electron chi connectivity index (χ1n) is 6.34. The summed E-state index contributed by atoms with van der Waals surface area (Å²) in [6.07, 6.45) is 2.89. The predicted octanol–water partition coefficient (Wildman–Crippen LogP) is 3.58. The average Bonchev–Trinajstić information content (AvgIpc) is 2.35. The van der Waals surface area contributed by atoms with E-state index < -0.39 is 0 Å². The van der Waals surface area contributed by atoms with Gasteiger partial charge in [-0.1, -0.05) is 24.1 Å². The molecule has 0 atom stereocenters. The van der Waals surface area contributed by atoms with E-state index >= 15 is 0 Å². The summed E-state index contributed by atoms with van der Waals surface area (Å²) in [5.41, 5.74) is 3.55. The molecule has 94 valence electrons. The van der Waals surface area contributed by atoms with E-state index in [9.17, 15) is 0 Å². The molecule has 1 heterocycles. The highest BCUT2D eigenvalue weighted by atomic mass is 15.0. The number of benzene rings is 1. The van der Waals surface area contributed by atoms with Gasteiger partial charge in [-0.2, -0.15) is 0 Å². The second kappa shape index (κ2) is 5.63.